The van der Waals surface area contributed by atoms with Crippen LogP contribution in [0.15, 0.2) is 47.6 Å². The summed E-state index contributed by atoms with van der Waals surface area (Å²) in [6.45, 7) is 5.32. The Morgan fingerprint density at radius 1 is 1.06 bits per heavy atom. The van der Waals surface area contributed by atoms with Crippen LogP contribution in [0.1, 0.15) is 19.4 Å². The summed E-state index contributed by atoms with van der Waals surface area (Å²) in [6, 6.07) is 4.57. The standard InChI is InChI=1S/C20H21F3N4O4S/c1-3-25(4-2)17-11-24-10-9-14(17)12-26-13-18(28)27(19(26)29)15-5-7-16(8-6-15)32(30,31)20(21,22)23/h5-11H,3-4,12-13H2,1-2H3. The number of hydrogen-bond donors (Lipinski definition) is 0. The predicted molar refractivity (Wildman–Crippen MR) is 111 cm³/mol. The first-order chi connectivity index (χ1) is 15.0. The summed E-state index contributed by atoms with van der Waals surface area (Å²) in [5, 5.41) is 0. The molecule has 3 rings (SSSR count). The molecule has 172 valence electrons. The molecule has 12 heteroatoms. The Labute approximate surface area is 183 Å². The van der Waals surface area contributed by atoms with Crippen LogP contribution in [0.5, 0.6) is 0 Å². The first-order valence-electron chi connectivity index (χ1n) is 9.72. The van der Waals surface area contributed by atoms with E-state index in [0.29, 0.717) is 0 Å². The molecule has 0 spiro atoms. The highest BCUT2D eigenvalue weighted by atomic mass is 32.2. The molecule has 1 fully saturated rings. The first kappa shape index (κ1) is 23.5. The van der Waals surface area contributed by atoms with Crippen molar-refractivity contribution in [2.75, 3.05) is 29.4 Å². The number of pyridine rings is 1. The fourth-order valence-corrected chi connectivity index (χ4v) is 4.20. The molecule has 0 saturated carbocycles. The van der Waals surface area contributed by atoms with Crippen molar-refractivity contribution in [1.82, 2.24) is 9.88 Å². The molecule has 1 aliphatic heterocycles. The van der Waals surface area contributed by atoms with Gasteiger partial charge in [-0.25, -0.2) is 18.1 Å². The monoisotopic (exact) mass is 470 g/mol. The van der Waals surface area contributed by atoms with Crippen LogP contribution in [-0.4, -0.2) is 55.4 Å². The molecule has 1 aromatic carbocycles. The van der Waals surface area contributed by atoms with Gasteiger partial charge in [0.2, 0.25) is 0 Å². The Kier molecular flexibility index (Phi) is 6.44. The molecule has 32 heavy (non-hydrogen) atoms. The number of carbonyl (C=O) groups excluding carboxylic acids is 2. The lowest BCUT2D eigenvalue weighted by Crippen LogP contribution is -2.33. The minimum absolute atomic E-state index is 0.0117. The van der Waals surface area contributed by atoms with E-state index in [0.717, 1.165) is 53.5 Å². The van der Waals surface area contributed by atoms with Gasteiger partial charge in [0.05, 0.1) is 29.0 Å². The fourth-order valence-electron chi connectivity index (χ4n) is 3.44. The molecule has 0 aliphatic carbocycles. The lowest BCUT2D eigenvalue weighted by Gasteiger charge is -2.25. The number of halogens is 3. The minimum Gasteiger partial charge on any atom is -0.371 e. The molecule has 1 aliphatic rings. The molecule has 3 amide bonds. The molecule has 0 radical (unpaired) electrons. The zero-order chi connectivity index (χ0) is 23.7. The molecule has 0 atom stereocenters. The number of sulfone groups is 1. The molecule has 0 N–H and O–H groups in total. The number of alkyl halides is 3. The number of nitrogens with zero attached hydrogens (tertiary/aromatic N) is 4. The maximum atomic E-state index is 12.9. The van der Waals surface area contributed by atoms with Gasteiger partial charge in [-0.05, 0) is 49.7 Å². The number of benzene rings is 1. The van der Waals surface area contributed by atoms with Crippen molar-refractivity contribution < 1.29 is 31.2 Å². The Hall–Kier alpha value is -3.15. The van der Waals surface area contributed by atoms with Gasteiger partial charge in [0.1, 0.15) is 6.54 Å². The fraction of sp³-hybridized carbons (Fsp3) is 0.350. The number of aromatic nitrogens is 1. The van der Waals surface area contributed by atoms with Crippen LogP contribution < -0.4 is 9.80 Å². The summed E-state index contributed by atoms with van der Waals surface area (Å²) in [4.78, 5) is 32.7. The van der Waals surface area contributed by atoms with Gasteiger partial charge in [-0.15, -0.1) is 0 Å². The van der Waals surface area contributed by atoms with Crippen molar-refractivity contribution in [2.45, 2.75) is 30.8 Å². The first-order valence-corrected chi connectivity index (χ1v) is 11.2. The average Bonchev–Trinajstić information content (AvgIpc) is 3.02. The van der Waals surface area contributed by atoms with Gasteiger partial charge in [0, 0.05) is 19.3 Å². The van der Waals surface area contributed by atoms with Crippen LogP contribution in [0, 0.1) is 0 Å². The van der Waals surface area contributed by atoms with Crippen molar-refractivity contribution in [3.63, 3.8) is 0 Å². The van der Waals surface area contributed by atoms with E-state index in [4.69, 9.17) is 0 Å². The average molecular weight is 470 g/mol. The predicted octanol–water partition coefficient (Wildman–Crippen LogP) is 3.19. The molecular weight excluding hydrogens is 449 g/mol. The molecule has 2 heterocycles. The van der Waals surface area contributed by atoms with Crippen LogP contribution in [-0.2, 0) is 21.2 Å². The van der Waals surface area contributed by atoms with Gasteiger partial charge in [-0.2, -0.15) is 13.2 Å². The van der Waals surface area contributed by atoms with Gasteiger partial charge in [0.15, 0.2) is 0 Å². The highest BCUT2D eigenvalue weighted by Gasteiger charge is 2.47. The van der Waals surface area contributed by atoms with Gasteiger partial charge in [-0.3, -0.25) is 9.78 Å². The normalized spacial score (nSPS) is 14.9. The topological polar surface area (TPSA) is 90.9 Å². The molecule has 2 aromatic rings. The summed E-state index contributed by atoms with van der Waals surface area (Å²) < 4.78 is 61.2. The highest BCUT2D eigenvalue weighted by molar-refractivity contribution is 7.92. The number of amides is 3. The third-order valence-electron chi connectivity index (χ3n) is 5.10. The van der Waals surface area contributed by atoms with Gasteiger partial charge < -0.3 is 9.80 Å². The Morgan fingerprint density at radius 3 is 2.25 bits per heavy atom. The molecule has 8 nitrogen and oxygen atoms in total. The van der Waals surface area contributed by atoms with Crippen molar-refractivity contribution in [1.29, 1.82) is 0 Å². The lowest BCUT2D eigenvalue weighted by molar-refractivity contribution is -0.116. The van der Waals surface area contributed by atoms with Gasteiger partial charge in [-0.1, -0.05) is 0 Å². The zero-order valence-electron chi connectivity index (χ0n) is 17.3. The maximum Gasteiger partial charge on any atom is 0.501 e. The van der Waals surface area contributed by atoms with E-state index >= 15 is 0 Å². The van der Waals surface area contributed by atoms with Crippen molar-refractivity contribution in [2.24, 2.45) is 0 Å². The van der Waals surface area contributed by atoms with Crippen LogP contribution in [0.2, 0.25) is 0 Å². The SMILES string of the molecule is CCN(CC)c1cnccc1CN1CC(=O)N(c2ccc(S(=O)(=O)C(F)(F)F)cc2)C1=O. The summed E-state index contributed by atoms with van der Waals surface area (Å²) in [5.41, 5.74) is -3.84. The Balaban J connectivity index is 1.84. The number of hydrogen-bond acceptors (Lipinski definition) is 6. The number of imide groups is 1. The van der Waals surface area contributed by atoms with E-state index in [1.807, 2.05) is 13.8 Å². The van der Waals surface area contributed by atoms with Gasteiger partial charge >= 0.3 is 11.5 Å². The third kappa shape index (κ3) is 4.27. The Morgan fingerprint density at radius 2 is 1.69 bits per heavy atom. The number of anilines is 2. The minimum atomic E-state index is -5.52. The number of urea groups is 1. The summed E-state index contributed by atoms with van der Waals surface area (Å²) in [7, 11) is -5.52. The molecule has 1 aromatic heterocycles. The molecule has 0 unspecified atom stereocenters. The number of rotatable bonds is 7. The van der Waals surface area contributed by atoms with Crippen LogP contribution in [0.25, 0.3) is 0 Å². The van der Waals surface area contributed by atoms with Crippen LogP contribution in [0.3, 0.4) is 0 Å². The van der Waals surface area contributed by atoms with Crippen molar-refractivity contribution in [3.8, 4) is 0 Å². The lowest BCUT2D eigenvalue weighted by atomic mass is 10.2. The van der Waals surface area contributed by atoms with E-state index in [1.165, 1.54) is 4.90 Å². The highest BCUT2D eigenvalue weighted by Crippen LogP contribution is 2.32. The second kappa shape index (κ2) is 8.77. The zero-order valence-corrected chi connectivity index (χ0v) is 18.2. The van der Waals surface area contributed by atoms with E-state index in [-0.39, 0.29) is 18.8 Å². The maximum absolute atomic E-state index is 12.9. The van der Waals surface area contributed by atoms with Crippen LogP contribution >= 0.6 is 0 Å². The Bertz CT molecular complexity index is 1120. The van der Waals surface area contributed by atoms with Crippen molar-refractivity contribution >= 4 is 33.2 Å². The quantitative estimate of drug-likeness (QED) is 0.578. The van der Waals surface area contributed by atoms with E-state index in [9.17, 15) is 31.2 Å². The van der Waals surface area contributed by atoms with E-state index in [1.54, 1.807) is 18.5 Å². The third-order valence-corrected chi connectivity index (χ3v) is 6.60. The summed E-state index contributed by atoms with van der Waals surface area (Å²) in [6.07, 6.45) is 3.27. The smallest absolute Gasteiger partial charge is 0.371 e. The summed E-state index contributed by atoms with van der Waals surface area (Å²) >= 11 is 0. The van der Waals surface area contributed by atoms with Crippen molar-refractivity contribution in [3.05, 3.63) is 48.3 Å². The summed E-state index contributed by atoms with van der Waals surface area (Å²) in [5.74, 6) is -0.570. The molecule has 0 bridgehead atoms. The van der Waals surface area contributed by atoms with Crippen LogP contribution in [0.4, 0.5) is 29.3 Å². The second-order valence-corrected chi connectivity index (χ2v) is 8.93. The largest absolute Gasteiger partial charge is 0.501 e. The second-order valence-electron chi connectivity index (χ2n) is 6.99. The number of carbonyl (C=O) groups is 2. The van der Waals surface area contributed by atoms with Gasteiger partial charge in [0.25, 0.3) is 15.7 Å². The molecule has 1 saturated heterocycles. The van der Waals surface area contributed by atoms with E-state index in [2.05, 4.69) is 9.88 Å². The van der Waals surface area contributed by atoms with E-state index < -0.39 is 32.2 Å². The molecular formula is C20H21F3N4O4S.